The summed E-state index contributed by atoms with van der Waals surface area (Å²) in [4.78, 5) is 39.4. The van der Waals surface area contributed by atoms with E-state index in [2.05, 4.69) is 45.8 Å². The van der Waals surface area contributed by atoms with Crippen LogP contribution >= 0.6 is 0 Å². The molecule has 0 rings (SSSR count). The lowest BCUT2D eigenvalue weighted by molar-refractivity contribution is -0.169. The van der Waals surface area contributed by atoms with Gasteiger partial charge in [-0.25, -0.2) is 0 Å². The number of aliphatic hydroxyl groups is 1. The maximum Gasteiger partial charge on any atom is 0.311 e. The number of esters is 3. The Morgan fingerprint density at radius 2 is 1.34 bits per heavy atom. The molecular formula is C29H60O9Si3. The highest BCUT2D eigenvalue weighted by atomic mass is 28.5. The Hall–Kier alpha value is -1.06. The second kappa shape index (κ2) is 15.6. The molecule has 0 aliphatic heterocycles. The number of hydrogen-bond donors (Lipinski definition) is 1. The van der Waals surface area contributed by atoms with E-state index in [-0.39, 0.29) is 26.1 Å². The highest BCUT2D eigenvalue weighted by Crippen LogP contribution is 2.45. The molecule has 0 saturated carbocycles. The standard InChI is InChI=1S/C29H60O9Si3/c1-15-23(30)20-36-24(31)27(3,4)21-29(6,22-28(5,16-2)25(32)34-7)26(33)35-18-17-19-40(11,12)38-41(13,14)37-39(8,9)10/h23,30H,15-22H2,1-14H3. The predicted octanol–water partition coefficient (Wildman–Crippen LogP) is 6.41. The van der Waals surface area contributed by atoms with Gasteiger partial charge in [-0.2, -0.15) is 0 Å². The molecule has 0 spiro atoms. The van der Waals surface area contributed by atoms with Gasteiger partial charge in [0, 0.05) is 0 Å². The zero-order valence-electron chi connectivity index (χ0n) is 28.4. The monoisotopic (exact) mass is 636 g/mol. The summed E-state index contributed by atoms with van der Waals surface area (Å²) in [5.41, 5.74) is -3.19. The lowest BCUT2D eigenvalue weighted by Gasteiger charge is -2.39. The van der Waals surface area contributed by atoms with Crippen molar-refractivity contribution in [2.45, 2.75) is 132 Å². The summed E-state index contributed by atoms with van der Waals surface area (Å²) in [5, 5.41) is 9.84. The summed E-state index contributed by atoms with van der Waals surface area (Å²) >= 11 is 0. The van der Waals surface area contributed by atoms with Crippen LogP contribution in [0.2, 0.25) is 51.9 Å². The second-order valence-corrected chi connectivity index (χ2v) is 27.3. The number of carbonyl (C=O) groups excluding carboxylic acids is 3. The van der Waals surface area contributed by atoms with Gasteiger partial charge < -0.3 is 27.5 Å². The van der Waals surface area contributed by atoms with Crippen LogP contribution in [0.1, 0.15) is 73.6 Å². The highest BCUT2D eigenvalue weighted by Gasteiger charge is 2.50. The molecule has 0 radical (unpaired) electrons. The van der Waals surface area contributed by atoms with Crippen molar-refractivity contribution in [1.82, 2.24) is 0 Å². The van der Waals surface area contributed by atoms with Crippen molar-refractivity contribution in [1.29, 1.82) is 0 Å². The van der Waals surface area contributed by atoms with Gasteiger partial charge in [0.1, 0.15) is 6.61 Å². The molecule has 0 saturated heterocycles. The molecule has 1 N–H and O–H groups in total. The van der Waals surface area contributed by atoms with Gasteiger partial charge in [-0.1, -0.05) is 13.8 Å². The van der Waals surface area contributed by atoms with Crippen LogP contribution < -0.4 is 0 Å². The van der Waals surface area contributed by atoms with Gasteiger partial charge in [-0.05, 0) is 112 Å². The molecular weight excluding hydrogens is 577 g/mol. The van der Waals surface area contributed by atoms with Crippen molar-refractivity contribution in [2.24, 2.45) is 16.2 Å². The zero-order valence-corrected chi connectivity index (χ0v) is 31.4. The zero-order chi connectivity index (χ0) is 32.5. The van der Waals surface area contributed by atoms with E-state index in [1.807, 2.05) is 6.92 Å². The van der Waals surface area contributed by atoms with Crippen LogP contribution in [0.25, 0.3) is 0 Å². The topological polar surface area (TPSA) is 118 Å². The molecule has 0 bridgehead atoms. The maximum absolute atomic E-state index is 13.7. The molecule has 0 aromatic heterocycles. The van der Waals surface area contributed by atoms with E-state index in [4.69, 9.17) is 22.4 Å². The highest BCUT2D eigenvalue weighted by molar-refractivity contribution is 6.87. The number of carbonyl (C=O) groups is 3. The summed E-state index contributed by atoms with van der Waals surface area (Å²) < 4.78 is 29.2. The molecule has 0 fully saturated rings. The molecule has 41 heavy (non-hydrogen) atoms. The van der Waals surface area contributed by atoms with E-state index in [0.29, 0.717) is 19.3 Å². The Labute approximate surface area is 252 Å². The SMILES string of the molecule is CCC(O)COC(=O)C(C)(C)CC(C)(CC(C)(CC)C(=O)OC)C(=O)OCCC[Si](C)(C)O[Si](C)(C)O[Si](C)(C)C. The molecule has 0 amide bonds. The van der Waals surface area contributed by atoms with E-state index in [9.17, 15) is 19.5 Å². The van der Waals surface area contributed by atoms with E-state index >= 15 is 0 Å². The number of hydrogen-bond acceptors (Lipinski definition) is 9. The summed E-state index contributed by atoms with van der Waals surface area (Å²) in [6.07, 6.45) is 1.05. The molecule has 9 nitrogen and oxygen atoms in total. The molecule has 12 heteroatoms. The summed E-state index contributed by atoms with van der Waals surface area (Å²) in [6, 6.07) is 0.800. The fraction of sp³-hybridized carbons (Fsp3) is 0.897. The molecule has 0 aromatic carbocycles. The Morgan fingerprint density at radius 3 is 1.80 bits per heavy atom. The third-order valence-corrected chi connectivity index (χ3v) is 17.4. The number of aliphatic hydroxyl groups excluding tert-OH is 1. The van der Waals surface area contributed by atoms with Crippen LogP contribution in [0.3, 0.4) is 0 Å². The lowest BCUT2D eigenvalue weighted by atomic mass is 9.65. The molecule has 0 aliphatic carbocycles. The van der Waals surface area contributed by atoms with Crippen LogP contribution in [0.4, 0.5) is 0 Å². The number of ether oxygens (including phenoxy) is 3. The quantitative estimate of drug-likeness (QED) is 0.0743. The third-order valence-electron chi connectivity index (χ3n) is 7.22. The van der Waals surface area contributed by atoms with E-state index in [1.165, 1.54) is 7.11 Å². The van der Waals surface area contributed by atoms with Gasteiger partial charge in [0.05, 0.1) is 36.1 Å². The van der Waals surface area contributed by atoms with Crippen LogP contribution in [0, 0.1) is 16.2 Å². The van der Waals surface area contributed by atoms with Crippen molar-refractivity contribution >= 4 is 43.1 Å². The van der Waals surface area contributed by atoms with E-state index < -0.39 is 65.5 Å². The lowest BCUT2D eigenvalue weighted by Crippen LogP contribution is -2.51. The molecule has 0 heterocycles. The number of methoxy groups -OCH3 is 1. The van der Waals surface area contributed by atoms with Crippen molar-refractivity contribution in [3.63, 3.8) is 0 Å². The third kappa shape index (κ3) is 14.3. The van der Waals surface area contributed by atoms with Gasteiger partial charge in [0.15, 0.2) is 16.6 Å². The first-order valence-electron chi connectivity index (χ1n) is 14.9. The van der Waals surface area contributed by atoms with Gasteiger partial charge in [-0.3, -0.25) is 14.4 Å². The van der Waals surface area contributed by atoms with Gasteiger partial charge in [-0.15, -0.1) is 0 Å². The van der Waals surface area contributed by atoms with Crippen molar-refractivity contribution < 1.29 is 41.9 Å². The minimum Gasteiger partial charge on any atom is -0.469 e. The Kier molecular flexibility index (Phi) is 15.2. The molecule has 0 aromatic rings. The molecule has 3 atom stereocenters. The van der Waals surface area contributed by atoms with Crippen LogP contribution in [-0.4, -0.2) is 74.6 Å². The van der Waals surface area contributed by atoms with Crippen molar-refractivity contribution in [3.05, 3.63) is 0 Å². The Morgan fingerprint density at radius 1 is 0.780 bits per heavy atom. The van der Waals surface area contributed by atoms with E-state index in [0.717, 1.165) is 6.04 Å². The predicted molar refractivity (Wildman–Crippen MR) is 170 cm³/mol. The average molecular weight is 637 g/mol. The smallest absolute Gasteiger partial charge is 0.311 e. The Balaban J connectivity index is 5.70. The van der Waals surface area contributed by atoms with Crippen molar-refractivity contribution in [3.8, 4) is 0 Å². The average Bonchev–Trinajstić information content (AvgIpc) is 2.81. The normalized spacial score (nSPS) is 16.8. The minimum absolute atomic E-state index is 0.101. The fourth-order valence-electron chi connectivity index (χ4n) is 5.50. The van der Waals surface area contributed by atoms with Gasteiger partial charge in [0.2, 0.25) is 0 Å². The largest absolute Gasteiger partial charge is 0.469 e. The second-order valence-electron chi connectivity index (χ2n) is 14.6. The van der Waals surface area contributed by atoms with Crippen molar-refractivity contribution in [2.75, 3.05) is 20.3 Å². The summed E-state index contributed by atoms with van der Waals surface area (Å²) in [6.45, 7) is 25.7. The van der Waals surface area contributed by atoms with Crippen LogP contribution in [-0.2, 0) is 36.8 Å². The summed E-state index contributed by atoms with van der Waals surface area (Å²) in [7, 11) is -4.74. The molecule has 242 valence electrons. The first-order valence-corrected chi connectivity index (χ1v) is 24.2. The number of rotatable bonds is 19. The minimum atomic E-state index is -2.27. The Bertz CT molecular complexity index is 870. The van der Waals surface area contributed by atoms with Gasteiger partial charge >= 0.3 is 26.5 Å². The maximum atomic E-state index is 13.7. The fourth-order valence-corrected chi connectivity index (χ4v) is 18.7. The first kappa shape index (κ1) is 39.9. The summed E-state index contributed by atoms with van der Waals surface area (Å²) in [5.74, 6) is -1.40. The van der Waals surface area contributed by atoms with Crippen LogP contribution in [0.5, 0.6) is 0 Å². The molecule has 0 aliphatic rings. The van der Waals surface area contributed by atoms with E-state index in [1.54, 1.807) is 34.6 Å². The van der Waals surface area contributed by atoms with Crippen LogP contribution in [0.15, 0.2) is 0 Å². The van der Waals surface area contributed by atoms with Gasteiger partial charge in [0.25, 0.3) is 0 Å². The molecule has 3 unspecified atom stereocenters. The first-order chi connectivity index (χ1) is 18.4.